The number of nitrogens with one attached hydrogen (secondary N) is 1. The molecule has 0 aliphatic rings. The average molecular weight is 233 g/mol. The summed E-state index contributed by atoms with van der Waals surface area (Å²) < 4.78 is 0. The second-order valence-corrected chi connectivity index (χ2v) is 4.11. The minimum absolute atomic E-state index is 0.251. The molecule has 2 aromatic rings. The zero-order valence-corrected chi connectivity index (χ0v) is 9.53. The summed E-state index contributed by atoms with van der Waals surface area (Å²) in [5.41, 5.74) is 4.74. The summed E-state index contributed by atoms with van der Waals surface area (Å²) in [6.45, 7) is 1.94. The van der Waals surface area contributed by atoms with E-state index in [-0.39, 0.29) is 5.75 Å². The van der Waals surface area contributed by atoms with Gasteiger partial charge in [-0.2, -0.15) is 5.10 Å². The molecule has 0 fully saturated rings. The van der Waals surface area contributed by atoms with Gasteiger partial charge < -0.3 is 5.11 Å². The molecule has 0 saturated heterocycles. The molecule has 0 atom stereocenters. The summed E-state index contributed by atoms with van der Waals surface area (Å²) in [4.78, 5) is 4.21. The second kappa shape index (κ2) is 4.76. The van der Waals surface area contributed by atoms with Crippen molar-refractivity contribution >= 4 is 22.7 Å². The molecule has 0 saturated carbocycles. The zero-order chi connectivity index (χ0) is 11.4. The van der Waals surface area contributed by atoms with Crippen LogP contribution in [0.3, 0.4) is 0 Å². The zero-order valence-electron chi connectivity index (χ0n) is 8.71. The first-order valence-corrected chi connectivity index (χ1v) is 5.62. The van der Waals surface area contributed by atoms with Crippen LogP contribution in [0.2, 0.25) is 0 Å². The van der Waals surface area contributed by atoms with E-state index in [4.69, 9.17) is 5.11 Å². The number of benzene rings is 1. The van der Waals surface area contributed by atoms with E-state index >= 15 is 0 Å². The van der Waals surface area contributed by atoms with Gasteiger partial charge in [-0.15, -0.1) is 11.3 Å². The van der Waals surface area contributed by atoms with E-state index < -0.39 is 0 Å². The van der Waals surface area contributed by atoms with Gasteiger partial charge in [0.15, 0.2) is 0 Å². The predicted molar refractivity (Wildman–Crippen MR) is 66.2 cm³/mol. The van der Waals surface area contributed by atoms with Crippen LogP contribution < -0.4 is 5.43 Å². The number of phenolic OH excluding ortho intramolecular Hbond substituents is 1. The summed E-state index contributed by atoms with van der Waals surface area (Å²) in [7, 11) is 0. The Kier molecular flexibility index (Phi) is 3.16. The Hall–Kier alpha value is -1.88. The fourth-order valence-corrected chi connectivity index (χ4v) is 1.76. The highest BCUT2D eigenvalue weighted by atomic mass is 32.1. The molecule has 1 aromatic carbocycles. The van der Waals surface area contributed by atoms with E-state index in [1.165, 1.54) is 11.3 Å². The van der Waals surface area contributed by atoms with Crippen molar-refractivity contribution in [3.63, 3.8) is 0 Å². The lowest BCUT2D eigenvalue weighted by atomic mass is 10.2. The normalized spacial score (nSPS) is 10.8. The summed E-state index contributed by atoms with van der Waals surface area (Å²) in [5.74, 6) is 0.251. The molecule has 0 radical (unpaired) electrons. The Labute approximate surface area is 97.3 Å². The van der Waals surface area contributed by atoms with E-state index in [2.05, 4.69) is 15.5 Å². The van der Waals surface area contributed by atoms with Gasteiger partial charge in [0.25, 0.3) is 0 Å². The van der Waals surface area contributed by atoms with Crippen molar-refractivity contribution in [2.75, 3.05) is 5.43 Å². The van der Waals surface area contributed by atoms with E-state index in [0.29, 0.717) is 0 Å². The van der Waals surface area contributed by atoms with Crippen LogP contribution >= 0.6 is 11.3 Å². The van der Waals surface area contributed by atoms with Gasteiger partial charge in [-0.1, -0.05) is 0 Å². The molecule has 0 amide bonds. The van der Waals surface area contributed by atoms with Crippen LogP contribution in [0.1, 0.15) is 11.3 Å². The molecule has 0 unspecified atom stereocenters. The molecule has 0 bridgehead atoms. The highest BCUT2D eigenvalue weighted by molar-refractivity contribution is 7.13. The first-order valence-electron chi connectivity index (χ1n) is 4.74. The lowest BCUT2D eigenvalue weighted by Crippen LogP contribution is -1.89. The van der Waals surface area contributed by atoms with Gasteiger partial charge >= 0.3 is 0 Å². The Morgan fingerprint density at radius 3 is 2.75 bits per heavy atom. The van der Waals surface area contributed by atoms with Crippen LogP contribution in [0.4, 0.5) is 5.13 Å². The van der Waals surface area contributed by atoms with E-state index in [1.807, 2.05) is 12.3 Å². The molecule has 0 aliphatic heterocycles. The fourth-order valence-electron chi connectivity index (χ4n) is 1.13. The third-order valence-corrected chi connectivity index (χ3v) is 2.75. The predicted octanol–water partition coefficient (Wildman–Crippen LogP) is 2.60. The van der Waals surface area contributed by atoms with Crippen molar-refractivity contribution in [2.24, 2.45) is 5.10 Å². The minimum Gasteiger partial charge on any atom is -0.508 e. The minimum atomic E-state index is 0.251. The highest BCUT2D eigenvalue weighted by Crippen LogP contribution is 2.14. The van der Waals surface area contributed by atoms with Crippen molar-refractivity contribution in [1.29, 1.82) is 0 Å². The molecule has 0 aliphatic carbocycles. The van der Waals surface area contributed by atoms with Crippen molar-refractivity contribution in [1.82, 2.24) is 4.98 Å². The fraction of sp³-hybridized carbons (Fsp3) is 0.0909. The number of hydrazone groups is 1. The van der Waals surface area contributed by atoms with Crippen LogP contribution in [0.5, 0.6) is 5.75 Å². The van der Waals surface area contributed by atoms with Crippen molar-refractivity contribution in [2.45, 2.75) is 6.92 Å². The van der Waals surface area contributed by atoms with Crippen LogP contribution in [0.25, 0.3) is 0 Å². The maximum absolute atomic E-state index is 9.09. The number of thiazole rings is 1. The molecule has 16 heavy (non-hydrogen) atoms. The smallest absolute Gasteiger partial charge is 0.203 e. The summed E-state index contributed by atoms with van der Waals surface area (Å²) in [5, 5.41) is 15.9. The molecule has 2 rings (SSSR count). The number of hydrogen-bond acceptors (Lipinski definition) is 5. The molecule has 1 aromatic heterocycles. The molecule has 5 heteroatoms. The van der Waals surface area contributed by atoms with E-state index in [9.17, 15) is 0 Å². The molecule has 2 N–H and O–H groups in total. The largest absolute Gasteiger partial charge is 0.508 e. The van der Waals surface area contributed by atoms with Gasteiger partial charge in [-0.25, -0.2) is 4.98 Å². The standard InChI is InChI=1S/C11H11N3OS/c1-8-7-16-11(13-8)14-12-6-9-2-4-10(15)5-3-9/h2-7,15H,1H3,(H,13,14). The number of anilines is 1. The molecular formula is C11H11N3OS. The number of nitrogens with zero attached hydrogens (tertiary/aromatic N) is 2. The Bertz CT molecular complexity index is 490. The monoisotopic (exact) mass is 233 g/mol. The number of phenols is 1. The van der Waals surface area contributed by atoms with Crippen molar-refractivity contribution < 1.29 is 5.11 Å². The van der Waals surface area contributed by atoms with Gasteiger partial charge in [-0.05, 0) is 36.8 Å². The number of hydrogen-bond donors (Lipinski definition) is 2. The molecule has 0 spiro atoms. The quantitative estimate of drug-likeness (QED) is 0.633. The molecular weight excluding hydrogens is 222 g/mol. The van der Waals surface area contributed by atoms with Crippen LogP contribution in [-0.2, 0) is 0 Å². The van der Waals surface area contributed by atoms with Crippen LogP contribution in [0.15, 0.2) is 34.7 Å². The Balaban J connectivity index is 1.97. The number of rotatable bonds is 3. The SMILES string of the molecule is Cc1csc(NN=Cc2ccc(O)cc2)n1. The van der Waals surface area contributed by atoms with Crippen LogP contribution in [0, 0.1) is 6.92 Å². The molecule has 1 heterocycles. The van der Waals surface area contributed by atoms with Gasteiger partial charge in [0.05, 0.1) is 11.9 Å². The average Bonchev–Trinajstić information content (AvgIpc) is 2.67. The van der Waals surface area contributed by atoms with Gasteiger partial charge in [0, 0.05) is 5.38 Å². The molecule has 4 nitrogen and oxygen atoms in total. The summed E-state index contributed by atoms with van der Waals surface area (Å²) >= 11 is 1.51. The first-order chi connectivity index (χ1) is 7.74. The topological polar surface area (TPSA) is 57.5 Å². The maximum Gasteiger partial charge on any atom is 0.203 e. The van der Waals surface area contributed by atoms with Gasteiger partial charge in [0.1, 0.15) is 5.75 Å². The van der Waals surface area contributed by atoms with Crippen molar-refractivity contribution in [3.8, 4) is 5.75 Å². The van der Waals surface area contributed by atoms with Gasteiger partial charge in [0.2, 0.25) is 5.13 Å². The lowest BCUT2D eigenvalue weighted by molar-refractivity contribution is 0.475. The summed E-state index contributed by atoms with van der Waals surface area (Å²) in [6, 6.07) is 6.81. The van der Waals surface area contributed by atoms with E-state index in [1.54, 1.807) is 30.5 Å². The Morgan fingerprint density at radius 1 is 1.38 bits per heavy atom. The van der Waals surface area contributed by atoms with Gasteiger partial charge in [-0.3, -0.25) is 5.43 Å². The van der Waals surface area contributed by atoms with Crippen molar-refractivity contribution in [3.05, 3.63) is 40.9 Å². The Morgan fingerprint density at radius 2 is 2.12 bits per heavy atom. The highest BCUT2D eigenvalue weighted by Gasteiger charge is 1.94. The van der Waals surface area contributed by atoms with E-state index in [0.717, 1.165) is 16.4 Å². The lowest BCUT2D eigenvalue weighted by Gasteiger charge is -1.94. The second-order valence-electron chi connectivity index (χ2n) is 3.26. The molecule has 82 valence electrons. The van der Waals surface area contributed by atoms with Crippen LogP contribution in [-0.4, -0.2) is 16.3 Å². The first kappa shape index (κ1) is 10.6. The maximum atomic E-state index is 9.09. The summed E-state index contributed by atoms with van der Waals surface area (Å²) in [6.07, 6.45) is 1.68. The third kappa shape index (κ3) is 2.80. The third-order valence-electron chi connectivity index (χ3n) is 1.89. The number of aromatic hydroxyl groups is 1. The number of aryl methyl sites for hydroxylation is 1. The number of aromatic nitrogens is 1.